The fourth-order valence-electron chi connectivity index (χ4n) is 1.98. The summed E-state index contributed by atoms with van der Waals surface area (Å²) < 4.78 is 0. The monoisotopic (exact) mass is 304 g/mol. The molecule has 0 saturated heterocycles. The summed E-state index contributed by atoms with van der Waals surface area (Å²) in [6, 6.07) is 19.7. The van der Waals surface area contributed by atoms with Gasteiger partial charge in [-0.05, 0) is 43.2 Å². The summed E-state index contributed by atoms with van der Waals surface area (Å²) in [4.78, 5) is 19.4. The van der Waals surface area contributed by atoms with E-state index in [1.165, 1.54) is 12.5 Å². The van der Waals surface area contributed by atoms with Crippen LogP contribution < -0.4 is 0 Å². The van der Waals surface area contributed by atoms with E-state index in [0.717, 1.165) is 17.8 Å². The number of carbonyl (C=O) groups is 1. The number of pyridine rings is 2. The van der Waals surface area contributed by atoms with E-state index in [1.54, 1.807) is 24.5 Å². The van der Waals surface area contributed by atoms with Crippen molar-refractivity contribution in [1.29, 1.82) is 0 Å². The standard InChI is InChI=1S/C12H10N2O.C8H10/c1-9(15)10-5-6-12(14-8-10)11-4-2-3-7-13-11;1-2-8-6-4-3-5-7-8/h2-8H,1H3;3-7H,2H2,1H3. The Bertz CT molecular complexity index is 723. The van der Waals surface area contributed by atoms with Crippen molar-refractivity contribution in [3.05, 3.63) is 84.2 Å². The molecule has 1 aromatic carbocycles. The lowest BCUT2D eigenvalue weighted by Crippen LogP contribution is -1.94. The van der Waals surface area contributed by atoms with E-state index in [-0.39, 0.29) is 5.78 Å². The predicted molar refractivity (Wildman–Crippen MR) is 93.3 cm³/mol. The minimum absolute atomic E-state index is 0.0232. The number of aryl methyl sites for hydroxylation is 1. The second-order valence-corrected chi connectivity index (χ2v) is 5.04. The number of carbonyl (C=O) groups excluding carboxylic acids is 1. The first-order valence-electron chi connectivity index (χ1n) is 7.63. The van der Waals surface area contributed by atoms with Gasteiger partial charge in [-0.25, -0.2) is 0 Å². The molecule has 0 spiro atoms. The number of rotatable bonds is 3. The largest absolute Gasteiger partial charge is 0.294 e. The van der Waals surface area contributed by atoms with Gasteiger partial charge in [0.2, 0.25) is 0 Å². The van der Waals surface area contributed by atoms with Crippen molar-refractivity contribution < 1.29 is 4.79 Å². The van der Waals surface area contributed by atoms with Gasteiger partial charge in [0.05, 0.1) is 11.4 Å². The van der Waals surface area contributed by atoms with Crippen molar-refractivity contribution in [3.8, 4) is 11.4 Å². The molecular weight excluding hydrogens is 284 g/mol. The van der Waals surface area contributed by atoms with Gasteiger partial charge in [0, 0.05) is 18.0 Å². The van der Waals surface area contributed by atoms with Crippen molar-refractivity contribution >= 4 is 5.78 Å². The summed E-state index contributed by atoms with van der Waals surface area (Å²) in [5.41, 5.74) is 3.62. The van der Waals surface area contributed by atoms with E-state index in [0.29, 0.717) is 5.56 Å². The van der Waals surface area contributed by atoms with E-state index in [9.17, 15) is 4.79 Å². The first-order chi connectivity index (χ1) is 11.2. The van der Waals surface area contributed by atoms with E-state index < -0.39 is 0 Å². The Labute approximate surface area is 137 Å². The van der Waals surface area contributed by atoms with Gasteiger partial charge >= 0.3 is 0 Å². The van der Waals surface area contributed by atoms with Gasteiger partial charge in [-0.15, -0.1) is 0 Å². The second kappa shape index (κ2) is 8.59. The number of nitrogens with zero attached hydrogens (tertiary/aromatic N) is 2. The quantitative estimate of drug-likeness (QED) is 0.664. The van der Waals surface area contributed by atoms with Crippen LogP contribution in [0.1, 0.15) is 29.8 Å². The number of aromatic nitrogens is 2. The Morgan fingerprint density at radius 2 is 1.57 bits per heavy atom. The SMILES string of the molecule is CC(=O)c1ccc(-c2ccccn2)nc1.CCc1ccccc1. The van der Waals surface area contributed by atoms with Gasteiger partial charge in [-0.1, -0.05) is 43.3 Å². The summed E-state index contributed by atoms with van der Waals surface area (Å²) >= 11 is 0. The Kier molecular flexibility index (Phi) is 6.18. The van der Waals surface area contributed by atoms with Crippen LogP contribution >= 0.6 is 0 Å². The zero-order chi connectivity index (χ0) is 16.5. The fraction of sp³-hybridized carbons (Fsp3) is 0.150. The van der Waals surface area contributed by atoms with Crippen molar-refractivity contribution in [3.63, 3.8) is 0 Å². The highest BCUT2D eigenvalue weighted by molar-refractivity contribution is 5.93. The van der Waals surface area contributed by atoms with E-state index in [4.69, 9.17) is 0 Å². The maximum absolute atomic E-state index is 11.0. The molecule has 3 nitrogen and oxygen atoms in total. The minimum Gasteiger partial charge on any atom is -0.294 e. The van der Waals surface area contributed by atoms with Gasteiger partial charge in [-0.3, -0.25) is 14.8 Å². The Morgan fingerprint density at radius 3 is 2.04 bits per heavy atom. The van der Waals surface area contributed by atoms with Crippen LogP contribution in [0.5, 0.6) is 0 Å². The molecular formula is C20H20N2O. The van der Waals surface area contributed by atoms with Crippen molar-refractivity contribution in [2.75, 3.05) is 0 Å². The number of hydrogen-bond donors (Lipinski definition) is 0. The summed E-state index contributed by atoms with van der Waals surface area (Å²) in [5, 5.41) is 0. The fourth-order valence-corrected chi connectivity index (χ4v) is 1.98. The zero-order valence-electron chi connectivity index (χ0n) is 13.4. The molecule has 3 rings (SSSR count). The third-order valence-corrected chi connectivity index (χ3v) is 3.35. The van der Waals surface area contributed by atoms with Crippen molar-refractivity contribution in [2.45, 2.75) is 20.3 Å². The summed E-state index contributed by atoms with van der Waals surface area (Å²) in [7, 11) is 0. The molecule has 23 heavy (non-hydrogen) atoms. The maximum atomic E-state index is 11.0. The van der Waals surface area contributed by atoms with Crippen LogP contribution in [-0.4, -0.2) is 15.8 Å². The van der Waals surface area contributed by atoms with Crippen LogP contribution in [0.4, 0.5) is 0 Å². The summed E-state index contributed by atoms with van der Waals surface area (Å²) in [5.74, 6) is 0.0232. The summed E-state index contributed by atoms with van der Waals surface area (Å²) in [6.45, 7) is 3.69. The molecule has 0 bridgehead atoms. The van der Waals surface area contributed by atoms with Gasteiger partial charge in [0.25, 0.3) is 0 Å². The van der Waals surface area contributed by atoms with Crippen molar-refractivity contribution in [2.24, 2.45) is 0 Å². The number of Topliss-reactive ketones (excluding diaryl/α,β-unsaturated/α-hetero) is 1. The highest BCUT2D eigenvalue weighted by Crippen LogP contribution is 2.13. The smallest absolute Gasteiger partial charge is 0.161 e. The molecule has 0 radical (unpaired) electrons. The van der Waals surface area contributed by atoms with E-state index in [2.05, 4.69) is 41.2 Å². The molecule has 0 saturated carbocycles. The molecule has 3 aromatic rings. The van der Waals surface area contributed by atoms with Crippen LogP contribution in [0.2, 0.25) is 0 Å². The molecule has 0 aliphatic carbocycles. The third-order valence-electron chi connectivity index (χ3n) is 3.35. The Balaban J connectivity index is 0.000000203. The normalized spacial score (nSPS) is 9.65. The van der Waals surface area contributed by atoms with Crippen LogP contribution in [0.3, 0.4) is 0 Å². The van der Waals surface area contributed by atoms with Crippen LogP contribution in [0, 0.1) is 0 Å². The Hall–Kier alpha value is -2.81. The zero-order valence-corrected chi connectivity index (χ0v) is 13.4. The Morgan fingerprint density at radius 1 is 0.870 bits per heavy atom. The molecule has 2 heterocycles. The molecule has 0 N–H and O–H groups in total. The lowest BCUT2D eigenvalue weighted by molar-refractivity contribution is 0.101. The van der Waals surface area contributed by atoms with Crippen LogP contribution in [-0.2, 0) is 6.42 Å². The summed E-state index contributed by atoms with van der Waals surface area (Å²) in [6.07, 6.45) is 4.43. The second-order valence-electron chi connectivity index (χ2n) is 5.04. The molecule has 0 aliphatic heterocycles. The molecule has 3 heteroatoms. The van der Waals surface area contributed by atoms with Crippen LogP contribution in [0.25, 0.3) is 11.4 Å². The molecule has 0 aliphatic rings. The molecule has 0 unspecified atom stereocenters. The predicted octanol–water partition coefficient (Wildman–Crippen LogP) is 4.60. The molecule has 2 aromatic heterocycles. The van der Waals surface area contributed by atoms with Gasteiger partial charge < -0.3 is 0 Å². The van der Waals surface area contributed by atoms with E-state index >= 15 is 0 Å². The maximum Gasteiger partial charge on any atom is 0.161 e. The number of hydrogen-bond acceptors (Lipinski definition) is 3. The third kappa shape index (κ3) is 5.15. The molecule has 0 fully saturated rings. The number of ketones is 1. The van der Waals surface area contributed by atoms with Crippen molar-refractivity contribution in [1.82, 2.24) is 9.97 Å². The highest BCUT2D eigenvalue weighted by atomic mass is 16.1. The topological polar surface area (TPSA) is 42.9 Å². The van der Waals surface area contributed by atoms with E-state index in [1.807, 2.05) is 24.3 Å². The average molecular weight is 304 g/mol. The molecule has 116 valence electrons. The average Bonchev–Trinajstić information content (AvgIpc) is 2.64. The van der Waals surface area contributed by atoms with Gasteiger partial charge in [0.15, 0.2) is 5.78 Å². The molecule has 0 atom stereocenters. The lowest BCUT2D eigenvalue weighted by Gasteiger charge is -1.99. The first kappa shape index (κ1) is 16.6. The number of benzene rings is 1. The van der Waals surface area contributed by atoms with Gasteiger partial charge in [-0.2, -0.15) is 0 Å². The van der Waals surface area contributed by atoms with Gasteiger partial charge in [0.1, 0.15) is 0 Å². The molecule has 0 amide bonds. The minimum atomic E-state index is 0.0232. The van der Waals surface area contributed by atoms with Crippen LogP contribution in [0.15, 0.2) is 73.1 Å². The first-order valence-corrected chi connectivity index (χ1v) is 7.63. The lowest BCUT2D eigenvalue weighted by atomic mass is 10.2. The highest BCUT2D eigenvalue weighted by Gasteiger charge is 2.02.